The van der Waals surface area contributed by atoms with Crippen molar-refractivity contribution in [2.45, 2.75) is 5.16 Å². The zero-order valence-corrected chi connectivity index (χ0v) is 14.3. The van der Waals surface area contributed by atoms with Crippen LogP contribution in [0.3, 0.4) is 0 Å². The number of rotatable bonds is 3. The van der Waals surface area contributed by atoms with Crippen molar-refractivity contribution in [3.8, 4) is 11.3 Å². The van der Waals surface area contributed by atoms with Gasteiger partial charge < -0.3 is 11.5 Å². The van der Waals surface area contributed by atoms with Gasteiger partial charge in [0.1, 0.15) is 9.71 Å². The lowest BCUT2D eigenvalue weighted by atomic mass is 10.1. The second-order valence-electron chi connectivity index (χ2n) is 4.71. The molecule has 0 saturated carbocycles. The van der Waals surface area contributed by atoms with Gasteiger partial charge in [-0.05, 0) is 12.1 Å². The van der Waals surface area contributed by atoms with Crippen LogP contribution < -0.4 is 11.5 Å². The molecule has 4 N–H and O–H groups in total. The lowest BCUT2D eigenvalue weighted by molar-refractivity contribution is 0.100. The summed E-state index contributed by atoms with van der Waals surface area (Å²) >= 11 is 6.98. The third-order valence-electron chi connectivity index (χ3n) is 3.17. The summed E-state index contributed by atoms with van der Waals surface area (Å²) in [5.41, 5.74) is 12.9. The third kappa shape index (κ3) is 2.80. The van der Waals surface area contributed by atoms with E-state index in [-0.39, 0.29) is 15.7 Å². The van der Waals surface area contributed by atoms with Crippen molar-refractivity contribution >= 4 is 55.5 Å². The number of carbonyl (C=O) groups excluding carboxylic acids is 1. The maximum Gasteiger partial charge on any atom is 0.260 e. The molecule has 1 amide bonds. The van der Waals surface area contributed by atoms with E-state index in [0.717, 1.165) is 16.9 Å². The minimum absolute atomic E-state index is 0.166. The highest BCUT2D eigenvalue weighted by atomic mass is 35.5. The van der Waals surface area contributed by atoms with E-state index in [0.29, 0.717) is 20.9 Å². The molecule has 0 radical (unpaired) electrons. The number of thiophene rings is 1. The molecule has 0 fully saturated rings. The number of aromatic nitrogens is 2. The van der Waals surface area contributed by atoms with Crippen molar-refractivity contribution < 1.29 is 9.00 Å². The van der Waals surface area contributed by atoms with Crippen molar-refractivity contribution in [1.29, 1.82) is 0 Å². The second-order valence-corrected chi connectivity index (χ2v) is 7.41. The number of halogens is 1. The number of hydrogen-bond donors (Lipinski definition) is 2. The topological polar surface area (TPSA) is 112 Å². The van der Waals surface area contributed by atoms with E-state index < -0.39 is 16.7 Å². The molecule has 0 aliphatic carbocycles. The van der Waals surface area contributed by atoms with Gasteiger partial charge in [-0.1, -0.05) is 23.7 Å². The summed E-state index contributed by atoms with van der Waals surface area (Å²) in [6, 6.07) is 6.97. The number of benzene rings is 1. The van der Waals surface area contributed by atoms with Gasteiger partial charge in [-0.25, -0.2) is 9.97 Å². The van der Waals surface area contributed by atoms with Crippen LogP contribution in [0, 0.1) is 0 Å². The van der Waals surface area contributed by atoms with Crippen LogP contribution in [-0.4, -0.2) is 26.3 Å². The van der Waals surface area contributed by atoms with Crippen LogP contribution in [0.5, 0.6) is 0 Å². The fourth-order valence-corrected chi connectivity index (χ4v) is 3.70. The lowest BCUT2D eigenvalue weighted by Crippen LogP contribution is -2.10. The van der Waals surface area contributed by atoms with E-state index in [1.54, 1.807) is 24.3 Å². The standard InChI is InChI=1S/C14H11ClN4O2S2/c1-23(21)14-18-10(6-2-4-7(15)5-3-6)8-9(16)11(12(17)20)22-13(8)19-14/h2-5H,16H2,1H3,(H2,17,20). The van der Waals surface area contributed by atoms with Gasteiger partial charge >= 0.3 is 0 Å². The van der Waals surface area contributed by atoms with Gasteiger partial charge in [0.25, 0.3) is 5.91 Å². The molecule has 3 rings (SSSR count). The van der Waals surface area contributed by atoms with E-state index >= 15 is 0 Å². The Morgan fingerprint density at radius 1 is 1.26 bits per heavy atom. The van der Waals surface area contributed by atoms with Crippen LogP contribution in [-0.2, 0) is 10.8 Å². The van der Waals surface area contributed by atoms with E-state index in [9.17, 15) is 9.00 Å². The first kappa shape index (κ1) is 15.9. The molecule has 23 heavy (non-hydrogen) atoms. The van der Waals surface area contributed by atoms with Gasteiger partial charge in [-0.15, -0.1) is 11.3 Å². The molecule has 0 aliphatic rings. The van der Waals surface area contributed by atoms with Crippen molar-refractivity contribution in [3.05, 3.63) is 34.2 Å². The van der Waals surface area contributed by atoms with Crippen molar-refractivity contribution in [1.82, 2.24) is 9.97 Å². The number of carbonyl (C=O) groups is 1. The SMILES string of the molecule is CS(=O)c1nc(-c2ccc(Cl)cc2)c2c(N)c(C(N)=O)sc2n1. The highest BCUT2D eigenvalue weighted by Crippen LogP contribution is 2.38. The first-order chi connectivity index (χ1) is 10.9. The molecule has 2 aromatic heterocycles. The normalized spacial score (nSPS) is 12.4. The first-order valence-corrected chi connectivity index (χ1v) is 9.13. The monoisotopic (exact) mass is 366 g/mol. The van der Waals surface area contributed by atoms with Crippen LogP contribution in [0.1, 0.15) is 9.67 Å². The fraction of sp³-hybridized carbons (Fsp3) is 0.0714. The van der Waals surface area contributed by atoms with E-state index in [4.69, 9.17) is 23.1 Å². The van der Waals surface area contributed by atoms with Gasteiger partial charge in [0.2, 0.25) is 5.16 Å². The van der Waals surface area contributed by atoms with Crippen LogP contribution in [0.2, 0.25) is 5.02 Å². The van der Waals surface area contributed by atoms with Crippen molar-refractivity contribution in [2.24, 2.45) is 5.73 Å². The molecule has 2 heterocycles. The molecule has 1 aromatic carbocycles. The number of anilines is 1. The second kappa shape index (κ2) is 5.88. The molecule has 1 unspecified atom stereocenters. The first-order valence-electron chi connectivity index (χ1n) is 6.37. The van der Waals surface area contributed by atoms with Crippen molar-refractivity contribution in [2.75, 3.05) is 12.0 Å². The highest BCUT2D eigenvalue weighted by Gasteiger charge is 2.21. The van der Waals surface area contributed by atoms with Gasteiger partial charge in [0.15, 0.2) is 0 Å². The summed E-state index contributed by atoms with van der Waals surface area (Å²) in [5.74, 6) is -0.633. The molecule has 1 atom stereocenters. The number of fused-ring (bicyclic) bond motifs is 1. The quantitative estimate of drug-likeness (QED) is 0.691. The molecule has 0 aliphatic heterocycles. The Hall–Kier alpha value is -2.03. The number of nitrogens with two attached hydrogens (primary N) is 2. The Kier molecular flexibility index (Phi) is 4.05. The maximum atomic E-state index is 11.8. The van der Waals surface area contributed by atoms with Crippen LogP contribution >= 0.6 is 22.9 Å². The Balaban J connectivity index is 2.39. The average Bonchev–Trinajstić information content (AvgIpc) is 2.84. The number of primary amides is 1. The van der Waals surface area contributed by atoms with E-state index in [2.05, 4.69) is 9.97 Å². The number of nitrogens with zero attached hydrogens (tertiary/aromatic N) is 2. The summed E-state index contributed by atoms with van der Waals surface area (Å²) in [5, 5.41) is 1.27. The zero-order valence-electron chi connectivity index (χ0n) is 11.9. The average molecular weight is 367 g/mol. The van der Waals surface area contributed by atoms with Gasteiger partial charge in [-0.3, -0.25) is 9.00 Å². The summed E-state index contributed by atoms with van der Waals surface area (Å²) in [7, 11) is -1.38. The maximum absolute atomic E-state index is 11.8. The highest BCUT2D eigenvalue weighted by molar-refractivity contribution is 7.84. The van der Waals surface area contributed by atoms with Crippen LogP contribution in [0.4, 0.5) is 5.69 Å². The van der Waals surface area contributed by atoms with E-state index in [1.807, 2.05) is 0 Å². The number of hydrogen-bond acceptors (Lipinski definition) is 6. The largest absolute Gasteiger partial charge is 0.397 e. The Labute approximate surface area is 142 Å². The Morgan fingerprint density at radius 2 is 1.91 bits per heavy atom. The smallest absolute Gasteiger partial charge is 0.260 e. The molecular weight excluding hydrogens is 356 g/mol. The molecule has 118 valence electrons. The minimum Gasteiger partial charge on any atom is -0.397 e. The molecule has 3 aromatic rings. The number of nitrogen functional groups attached to an aromatic ring is 1. The van der Waals surface area contributed by atoms with Crippen LogP contribution in [0.15, 0.2) is 29.4 Å². The molecule has 0 bridgehead atoms. The predicted molar refractivity (Wildman–Crippen MR) is 93.1 cm³/mol. The third-order valence-corrected chi connectivity index (χ3v) is 5.23. The Bertz CT molecular complexity index is 954. The van der Waals surface area contributed by atoms with Crippen LogP contribution in [0.25, 0.3) is 21.5 Å². The summed E-state index contributed by atoms with van der Waals surface area (Å²) in [6.07, 6.45) is 1.48. The molecular formula is C14H11ClN4O2S2. The minimum atomic E-state index is -1.38. The van der Waals surface area contributed by atoms with Gasteiger partial charge in [-0.2, -0.15) is 0 Å². The van der Waals surface area contributed by atoms with Gasteiger partial charge in [0, 0.05) is 16.8 Å². The zero-order chi connectivity index (χ0) is 16.7. The summed E-state index contributed by atoms with van der Waals surface area (Å²) in [6.45, 7) is 0. The van der Waals surface area contributed by atoms with Gasteiger partial charge in [0.05, 0.1) is 27.6 Å². The number of amides is 1. The molecule has 6 nitrogen and oxygen atoms in total. The predicted octanol–water partition coefficient (Wildman–Crippen LogP) is 2.43. The van der Waals surface area contributed by atoms with E-state index in [1.165, 1.54) is 6.26 Å². The summed E-state index contributed by atoms with van der Waals surface area (Å²) in [4.78, 5) is 20.8. The fourth-order valence-electron chi connectivity index (χ4n) is 2.13. The van der Waals surface area contributed by atoms with Crippen molar-refractivity contribution in [3.63, 3.8) is 0 Å². The Morgan fingerprint density at radius 3 is 2.48 bits per heavy atom. The molecule has 9 heteroatoms. The lowest BCUT2D eigenvalue weighted by Gasteiger charge is -2.06. The molecule has 0 saturated heterocycles. The summed E-state index contributed by atoms with van der Waals surface area (Å²) < 4.78 is 11.8. The molecule has 0 spiro atoms.